The molecule has 2 aliphatic heterocycles. The van der Waals surface area contributed by atoms with Crippen LogP contribution in [-0.2, 0) is 14.9 Å². The summed E-state index contributed by atoms with van der Waals surface area (Å²) < 4.78 is 10.7. The van der Waals surface area contributed by atoms with Gasteiger partial charge in [-0.05, 0) is 12.8 Å². The maximum Gasteiger partial charge on any atom is 0.0961 e. The molecule has 17 heavy (non-hydrogen) atoms. The van der Waals surface area contributed by atoms with Crippen LogP contribution in [0.25, 0.3) is 0 Å². The van der Waals surface area contributed by atoms with Crippen LogP contribution in [0, 0.1) is 0 Å². The zero-order valence-electron chi connectivity index (χ0n) is 9.85. The standard InChI is InChI=1S/C12H18N2O2S/c13-6-12(7-16-8-12)10-5-17-11(14-10)9-1-3-15-4-2-9/h5,9H,1-4,6-8,13H2. The van der Waals surface area contributed by atoms with Gasteiger partial charge in [-0.2, -0.15) is 0 Å². The summed E-state index contributed by atoms with van der Waals surface area (Å²) >= 11 is 1.77. The van der Waals surface area contributed by atoms with Crippen molar-refractivity contribution < 1.29 is 9.47 Å². The van der Waals surface area contributed by atoms with Crippen LogP contribution in [0.3, 0.4) is 0 Å². The lowest BCUT2D eigenvalue weighted by Crippen LogP contribution is -2.52. The fraction of sp³-hybridized carbons (Fsp3) is 0.750. The summed E-state index contributed by atoms with van der Waals surface area (Å²) in [6.07, 6.45) is 2.19. The van der Waals surface area contributed by atoms with Crippen molar-refractivity contribution in [3.63, 3.8) is 0 Å². The van der Waals surface area contributed by atoms with Crippen LogP contribution in [0.1, 0.15) is 29.5 Å². The van der Waals surface area contributed by atoms with Gasteiger partial charge >= 0.3 is 0 Å². The molecule has 0 aromatic carbocycles. The number of nitrogens with zero attached hydrogens (tertiary/aromatic N) is 1. The van der Waals surface area contributed by atoms with E-state index < -0.39 is 0 Å². The first-order valence-corrected chi connectivity index (χ1v) is 7.03. The molecular formula is C12H18N2O2S. The number of rotatable bonds is 3. The van der Waals surface area contributed by atoms with Crippen molar-refractivity contribution in [3.8, 4) is 0 Å². The lowest BCUT2D eigenvalue weighted by atomic mass is 9.83. The minimum atomic E-state index is -0.0000826. The highest BCUT2D eigenvalue weighted by molar-refractivity contribution is 7.09. The van der Waals surface area contributed by atoms with Crippen LogP contribution in [0.15, 0.2) is 5.38 Å². The lowest BCUT2D eigenvalue weighted by molar-refractivity contribution is -0.0569. The van der Waals surface area contributed by atoms with E-state index in [1.165, 1.54) is 5.01 Å². The van der Waals surface area contributed by atoms with Gasteiger partial charge in [0.05, 0.1) is 29.3 Å². The van der Waals surface area contributed by atoms with Crippen molar-refractivity contribution in [2.75, 3.05) is 33.0 Å². The fourth-order valence-corrected chi connectivity index (χ4v) is 3.50. The van der Waals surface area contributed by atoms with Crippen LogP contribution in [0.5, 0.6) is 0 Å². The molecule has 4 nitrogen and oxygen atoms in total. The summed E-state index contributed by atoms with van der Waals surface area (Å²) in [6, 6.07) is 0. The molecule has 1 aromatic rings. The van der Waals surface area contributed by atoms with E-state index >= 15 is 0 Å². The summed E-state index contributed by atoms with van der Waals surface area (Å²) in [7, 11) is 0. The molecule has 5 heteroatoms. The average molecular weight is 254 g/mol. The van der Waals surface area contributed by atoms with Crippen LogP contribution < -0.4 is 5.73 Å². The molecule has 0 saturated carbocycles. The average Bonchev–Trinajstić information content (AvgIpc) is 2.80. The highest BCUT2D eigenvalue weighted by Crippen LogP contribution is 2.35. The molecule has 2 saturated heterocycles. The molecule has 2 aliphatic rings. The van der Waals surface area contributed by atoms with Gasteiger partial charge in [-0.1, -0.05) is 0 Å². The van der Waals surface area contributed by atoms with Gasteiger partial charge in [0.25, 0.3) is 0 Å². The number of ether oxygens (including phenoxy) is 2. The third kappa shape index (κ3) is 2.01. The molecular weight excluding hydrogens is 236 g/mol. The maximum absolute atomic E-state index is 5.85. The van der Waals surface area contributed by atoms with Crippen molar-refractivity contribution in [1.82, 2.24) is 4.98 Å². The molecule has 0 bridgehead atoms. The Morgan fingerprint density at radius 3 is 2.71 bits per heavy atom. The highest BCUT2D eigenvalue weighted by Gasteiger charge is 2.41. The third-order valence-corrected chi connectivity index (χ3v) is 4.79. The SMILES string of the molecule is NCC1(c2csc(C3CCOCC3)n2)COC1. The van der Waals surface area contributed by atoms with E-state index in [-0.39, 0.29) is 5.41 Å². The number of aromatic nitrogens is 1. The van der Waals surface area contributed by atoms with Crippen molar-refractivity contribution in [2.24, 2.45) is 5.73 Å². The van der Waals surface area contributed by atoms with Crippen LogP contribution >= 0.6 is 11.3 Å². The van der Waals surface area contributed by atoms with Gasteiger partial charge in [0.15, 0.2) is 0 Å². The third-order valence-electron chi connectivity index (χ3n) is 3.78. The molecule has 2 fully saturated rings. The van der Waals surface area contributed by atoms with Crippen LogP contribution in [0.2, 0.25) is 0 Å². The molecule has 0 radical (unpaired) electrons. The van der Waals surface area contributed by atoms with Crippen molar-refractivity contribution in [3.05, 3.63) is 16.1 Å². The zero-order chi connectivity index (χ0) is 11.7. The molecule has 0 aliphatic carbocycles. The number of hydrogen-bond acceptors (Lipinski definition) is 5. The van der Waals surface area contributed by atoms with Gasteiger partial charge in [-0.15, -0.1) is 11.3 Å². The zero-order valence-corrected chi connectivity index (χ0v) is 10.7. The molecule has 1 aromatic heterocycles. The Labute approximate surface area is 105 Å². The monoisotopic (exact) mass is 254 g/mol. The topological polar surface area (TPSA) is 57.4 Å². The second-order valence-electron chi connectivity index (χ2n) is 4.93. The maximum atomic E-state index is 5.85. The number of nitrogens with two attached hydrogens (primary N) is 1. The largest absolute Gasteiger partial charge is 0.381 e. The molecule has 0 spiro atoms. The molecule has 3 heterocycles. The summed E-state index contributed by atoms with van der Waals surface area (Å²) in [4.78, 5) is 4.80. The fourth-order valence-electron chi connectivity index (χ4n) is 2.38. The van der Waals surface area contributed by atoms with Crippen molar-refractivity contribution in [1.29, 1.82) is 0 Å². The molecule has 3 rings (SSSR count). The van der Waals surface area contributed by atoms with Crippen LogP contribution in [-0.4, -0.2) is 38.0 Å². The number of thiazole rings is 1. The number of hydrogen-bond donors (Lipinski definition) is 1. The second kappa shape index (κ2) is 4.65. The van der Waals surface area contributed by atoms with E-state index in [0.717, 1.165) is 45.0 Å². The Bertz CT molecular complexity index is 378. The second-order valence-corrected chi connectivity index (χ2v) is 5.82. The van der Waals surface area contributed by atoms with Crippen molar-refractivity contribution in [2.45, 2.75) is 24.2 Å². The smallest absolute Gasteiger partial charge is 0.0961 e. The van der Waals surface area contributed by atoms with E-state index in [9.17, 15) is 0 Å². The van der Waals surface area contributed by atoms with Crippen molar-refractivity contribution >= 4 is 11.3 Å². The molecule has 94 valence electrons. The molecule has 0 atom stereocenters. The summed E-state index contributed by atoms with van der Waals surface area (Å²) in [6.45, 7) is 3.81. The van der Waals surface area contributed by atoms with Gasteiger partial charge < -0.3 is 15.2 Å². The summed E-state index contributed by atoms with van der Waals surface area (Å²) in [5.41, 5.74) is 6.99. The van der Waals surface area contributed by atoms with Gasteiger partial charge in [-0.25, -0.2) is 4.98 Å². The lowest BCUT2D eigenvalue weighted by Gasteiger charge is -2.39. The Morgan fingerprint density at radius 2 is 2.12 bits per heavy atom. The highest BCUT2D eigenvalue weighted by atomic mass is 32.1. The van der Waals surface area contributed by atoms with Gasteiger partial charge in [0, 0.05) is 31.1 Å². The normalized spacial score (nSPS) is 24.5. The summed E-state index contributed by atoms with van der Waals surface area (Å²) in [5.74, 6) is 0.582. The van der Waals surface area contributed by atoms with Gasteiger partial charge in [0.2, 0.25) is 0 Å². The first kappa shape index (κ1) is 11.6. The predicted molar refractivity (Wildman–Crippen MR) is 66.5 cm³/mol. The Kier molecular flexibility index (Phi) is 3.17. The van der Waals surface area contributed by atoms with E-state index in [1.807, 2.05) is 0 Å². The van der Waals surface area contributed by atoms with Crippen LogP contribution in [0.4, 0.5) is 0 Å². The van der Waals surface area contributed by atoms with Gasteiger partial charge in [0.1, 0.15) is 0 Å². The Hall–Kier alpha value is -0.490. The minimum absolute atomic E-state index is 0.0000826. The quantitative estimate of drug-likeness (QED) is 0.882. The first-order valence-electron chi connectivity index (χ1n) is 6.15. The molecule has 0 unspecified atom stereocenters. The summed E-state index contributed by atoms with van der Waals surface area (Å²) in [5, 5.41) is 3.42. The molecule has 0 amide bonds. The van der Waals surface area contributed by atoms with E-state index in [0.29, 0.717) is 12.5 Å². The van der Waals surface area contributed by atoms with E-state index in [4.69, 9.17) is 20.2 Å². The first-order chi connectivity index (χ1) is 8.34. The predicted octanol–water partition coefficient (Wildman–Crippen LogP) is 1.26. The Balaban J connectivity index is 1.77. The minimum Gasteiger partial charge on any atom is -0.381 e. The van der Waals surface area contributed by atoms with E-state index in [1.54, 1.807) is 11.3 Å². The van der Waals surface area contributed by atoms with E-state index in [2.05, 4.69) is 5.38 Å². The molecule has 2 N–H and O–H groups in total. The van der Waals surface area contributed by atoms with Gasteiger partial charge in [-0.3, -0.25) is 0 Å². The Morgan fingerprint density at radius 1 is 1.35 bits per heavy atom.